The number of carbonyl (C=O) groups excluding carboxylic acids is 1. The number of rotatable bonds is 7. The maximum absolute atomic E-state index is 13.3. The Hall–Kier alpha value is -3.85. The molecule has 0 bridgehead atoms. The van der Waals surface area contributed by atoms with Gasteiger partial charge in [-0.3, -0.25) is 14.2 Å². The molecule has 2 aromatic carbocycles. The second-order valence-corrected chi connectivity index (χ2v) is 8.42. The van der Waals surface area contributed by atoms with Crippen molar-refractivity contribution in [1.82, 2.24) is 4.57 Å². The van der Waals surface area contributed by atoms with Crippen LogP contribution in [0.3, 0.4) is 0 Å². The molecule has 0 amide bonds. The van der Waals surface area contributed by atoms with Crippen LogP contribution in [0.25, 0.3) is 0 Å². The number of hydrogen-bond donors (Lipinski definition) is 1. The molecule has 1 aromatic heterocycles. The van der Waals surface area contributed by atoms with Crippen LogP contribution in [0.1, 0.15) is 72.3 Å². The van der Waals surface area contributed by atoms with Crippen molar-refractivity contribution in [2.75, 3.05) is 0 Å². The van der Waals surface area contributed by atoms with Crippen molar-refractivity contribution in [2.24, 2.45) is 0 Å². The summed E-state index contributed by atoms with van der Waals surface area (Å²) in [5.41, 5.74) is 1.16. The Balaban J connectivity index is 2.03. The van der Waals surface area contributed by atoms with Crippen LogP contribution in [-0.4, -0.2) is 21.6 Å². The molecule has 0 spiro atoms. The van der Waals surface area contributed by atoms with Crippen molar-refractivity contribution in [3.63, 3.8) is 0 Å². The molecule has 170 valence electrons. The fourth-order valence-electron chi connectivity index (χ4n) is 3.85. The van der Waals surface area contributed by atoms with E-state index in [0.29, 0.717) is 11.7 Å². The monoisotopic (exact) mass is 444 g/mol. The number of benzene rings is 2. The molecule has 6 nitrogen and oxygen atoms in total. The second kappa shape index (κ2) is 9.74. The lowest BCUT2D eigenvalue weighted by Gasteiger charge is -2.22. The van der Waals surface area contributed by atoms with Gasteiger partial charge >= 0.3 is 0 Å². The van der Waals surface area contributed by atoms with Gasteiger partial charge in [-0.2, -0.15) is 5.26 Å². The molecule has 0 radical (unpaired) electrons. The molecule has 0 aliphatic carbocycles. The number of ether oxygens (including phenoxy) is 1. The largest absolute Gasteiger partial charge is 0.494 e. The highest BCUT2D eigenvalue weighted by atomic mass is 16.5. The number of nitriles is 1. The number of carbonyl (C=O) groups is 1. The molecule has 0 aliphatic heterocycles. The van der Waals surface area contributed by atoms with Crippen LogP contribution >= 0.6 is 0 Å². The second-order valence-electron chi connectivity index (χ2n) is 8.42. The Labute approximate surface area is 193 Å². The Bertz CT molecular complexity index is 1250. The van der Waals surface area contributed by atoms with Gasteiger partial charge in [0.25, 0.3) is 5.56 Å². The van der Waals surface area contributed by atoms with Gasteiger partial charge < -0.3 is 9.84 Å². The van der Waals surface area contributed by atoms with Gasteiger partial charge in [-0.05, 0) is 55.5 Å². The number of ketones is 1. The van der Waals surface area contributed by atoms with Gasteiger partial charge in [-0.25, -0.2) is 0 Å². The Morgan fingerprint density at radius 2 is 1.61 bits per heavy atom. The molecule has 1 N–H and O–H groups in total. The molecule has 3 rings (SSSR count). The predicted octanol–water partition coefficient (Wildman–Crippen LogP) is 5.12. The molecule has 2 atom stereocenters. The standard InChI is InChI=1S/C27H28N2O4/c1-16(2)20-11-13-22(14-12-20)33-19(5)25(30)24-17(3)23(15-28)26(31)29(27(24)32)18(4)21-9-7-6-8-10-21/h6-14,16,18-19,32H,1-5H3. The first kappa shape index (κ1) is 23.8. The van der Waals surface area contributed by atoms with Gasteiger partial charge in [-0.15, -0.1) is 0 Å². The number of hydrogen-bond acceptors (Lipinski definition) is 5. The molecule has 6 heteroatoms. The fraction of sp³-hybridized carbons (Fsp3) is 0.296. The zero-order chi connectivity index (χ0) is 24.3. The zero-order valence-electron chi connectivity index (χ0n) is 19.5. The summed E-state index contributed by atoms with van der Waals surface area (Å²) >= 11 is 0. The lowest BCUT2D eigenvalue weighted by atomic mass is 9.98. The number of nitrogens with zero attached hydrogens (tertiary/aromatic N) is 2. The first-order valence-electron chi connectivity index (χ1n) is 10.9. The highest BCUT2D eigenvalue weighted by molar-refractivity contribution is 6.03. The smallest absolute Gasteiger partial charge is 0.272 e. The summed E-state index contributed by atoms with van der Waals surface area (Å²) in [5.74, 6) is -0.0921. The summed E-state index contributed by atoms with van der Waals surface area (Å²) in [6, 6.07) is 17.9. The van der Waals surface area contributed by atoms with Crippen LogP contribution in [0.2, 0.25) is 0 Å². The number of Topliss-reactive ketones (excluding diaryl/α,β-unsaturated/α-hetero) is 1. The van der Waals surface area contributed by atoms with Gasteiger partial charge in [-0.1, -0.05) is 56.3 Å². The Morgan fingerprint density at radius 1 is 1.00 bits per heavy atom. The highest BCUT2D eigenvalue weighted by Crippen LogP contribution is 2.29. The molecule has 0 fully saturated rings. The third-order valence-corrected chi connectivity index (χ3v) is 5.89. The van der Waals surface area contributed by atoms with Crippen LogP contribution in [0.5, 0.6) is 11.6 Å². The minimum Gasteiger partial charge on any atom is -0.494 e. The van der Waals surface area contributed by atoms with E-state index in [0.717, 1.165) is 15.7 Å². The number of aromatic hydroxyl groups is 1. The molecule has 2 unspecified atom stereocenters. The fourth-order valence-corrected chi connectivity index (χ4v) is 3.85. The van der Waals surface area contributed by atoms with E-state index in [1.54, 1.807) is 26.0 Å². The maximum Gasteiger partial charge on any atom is 0.272 e. The SMILES string of the molecule is Cc1c(C(=O)C(C)Oc2ccc(C(C)C)cc2)c(O)n(C(C)c2ccccc2)c(=O)c1C#N. The van der Waals surface area contributed by atoms with E-state index in [2.05, 4.69) is 13.8 Å². The summed E-state index contributed by atoms with van der Waals surface area (Å²) in [5, 5.41) is 20.7. The van der Waals surface area contributed by atoms with Crippen LogP contribution in [0, 0.1) is 18.3 Å². The minimum atomic E-state index is -0.941. The van der Waals surface area contributed by atoms with Crippen LogP contribution in [0.4, 0.5) is 0 Å². The van der Waals surface area contributed by atoms with Crippen LogP contribution in [0.15, 0.2) is 59.4 Å². The molecular weight excluding hydrogens is 416 g/mol. The summed E-state index contributed by atoms with van der Waals surface area (Å²) in [6.45, 7) is 8.99. The van der Waals surface area contributed by atoms with E-state index in [9.17, 15) is 20.0 Å². The van der Waals surface area contributed by atoms with E-state index in [1.165, 1.54) is 6.92 Å². The van der Waals surface area contributed by atoms with E-state index in [1.807, 2.05) is 48.5 Å². The molecule has 0 aliphatic rings. The Morgan fingerprint density at radius 3 is 2.15 bits per heavy atom. The maximum atomic E-state index is 13.3. The summed E-state index contributed by atoms with van der Waals surface area (Å²) < 4.78 is 6.93. The lowest BCUT2D eigenvalue weighted by Crippen LogP contribution is -2.32. The first-order chi connectivity index (χ1) is 15.7. The average Bonchev–Trinajstić information content (AvgIpc) is 2.80. The van der Waals surface area contributed by atoms with Crippen LogP contribution < -0.4 is 10.3 Å². The summed E-state index contributed by atoms with van der Waals surface area (Å²) in [7, 11) is 0. The number of pyridine rings is 1. The lowest BCUT2D eigenvalue weighted by molar-refractivity contribution is 0.0812. The van der Waals surface area contributed by atoms with E-state index < -0.39 is 29.4 Å². The molecule has 3 aromatic rings. The average molecular weight is 445 g/mol. The molecular formula is C27H28N2O4. The third kappa shape index (κ3) is 4.68. The normalized spacial score (nSPS) is 12.8. The van der Waals surface area contributed by atoms with Gasteiger partial charge in [0.15, 0.2) is 6.10 Å². The Kier molecular flexibility index (Phi) is 7.03. The predicted molar refractivity (Wildman–Crippen MR) is 127 cm³/mol. The van der Waals surface area contributed by atoms with Gasteiger partial charge in [0.2, 0.25) is 11.7 Å². The molecule has 0 saturated heterocycles. The zero-order valence-corrected chi connectivity index (χ0v) is 19.5. The molecule has 33 heavy (non-hydrogen) atoms. The van der Waals surface area contributed by atoms with Crippen molar-refractivity contribution in [1.29, 1.82) is 5.26 Å². The topological polar surface area (TPSA) is 92.3 Å². The van der Waals surface area contributed by atoms with Crippen molar-refractivity contribution < 1.29 is 14.6 Å². The third-order valence-electron chi connectivity index (χ3n) is 5.89. The van der Waals surface area contributed by atoms with E-state index >= 15 is 0 Å². The quantitative estimate of drug-likeness (QED) is 0.511. The summed E-state index contributed by atoms with van der Waals surface area (Å²) in [4.78, 5) is 26.4. The summed E-state index contributed by atoms with van der Waals surface area (Å²) in [6.07, 6.45) is -0.941. The number of aromatic nitrogens is 1. The van der Waals surface area contributed by atoms with Gasteiger partial charge in [0.05, 0.1) is 11.6 Å². The van der Waals surface area contributed by atoms with Crippen molar-refractivity contribution >= 4 is 5.78 Å². The van der Waals surface area contributed by atoms with E-state index in [4.69, 9.17) is 4.74 Å². The highest BCUT2D eigenvalue weighted by Gasteiger charge is 2.30. The van der Waals surface area contributed by atoms with Crippen LogP contribution in [-0.2, 0) is 0 Å². The van der Waals surface area contributed by atoms with Crippen molar-refractivity contribution in [2.45, 2.75) is 52.7 Å². The minimum absolute atomic E-state index is 0.0831. The van der Waals surface area contributed by atoms with E-state index in [-0.39, 0.29) is 16.7 Å². The molecule has 0 saturated carbocycles. The van der Waals surface area contributed by atoms with Crippen molar-refractivity contribution in [3.05, 3.63) is 92.8 Å². The van der Waals surface area contributed by atoms with Gasteiger partial charge in [0, 0.05) is 0 Å². The first-order valence-corrected chi connectivity index (χ1v) is 10.9. The van der Waals surface area contributed by atoms with Crippen molar-refractivity contribution in [3.8, 4) is 17.7 Å². The van der Waals surface area contributed by atoms with Gasteiger partial charge in [0.1, 0.15) is 17.4 Å². The molecule has 1 heterocycles.